The first kappa shape index (κ1) is 19.3. The molecule has 2 N–H and O–H groups in total. The van der Waals surface area contributed by atoms with Crippen molar-refractivity contribution >= 4 is 0 Å². The van der Waals surface area contributed by atoms with Crippen LogP contribution in [-0.4, -0.2) is 36.8 Å². The number of nitrogens with zero attached hydrogens (tertiary/aromatic N) is 1. The van der Waals surface area contributed by atoms with Crippen LogP contribution in [0.25, 0.3) is 0 Å². The Hall–Kier alpha value is -1.07. The number of hydrogen-bond acceptors (Lipinski definition) is 2. The first-order valence-electron chi connectivity index (χ1n) is 10.6. The Bertz CT molecular complexity index is 649. The topological polar surface area (TPSA) is 29.3 Å². The number of nitrogens with two attached hydrogens (primary N) is 1. The van der Waals surface area contributed by atoms with E-state index in [1.807, 2.05) is 0 Å². The van der Waals surface area contributed by atoms with Crippen molar-refractivity contribution in [1.82, 2.24) is 4.90 Å². The molecule has 2 fully saturated rings. The number of hydrogen-bond donors (Lipinski definition) is 1. The fourth-order valence-corrected chi connectivity index (χ4v) is 5.45. The number of halogens is 3. The molecule has 1 aromatic carbocycles. The van der Waals surface area contributed by atoms with Crippen molar-refractivity contribution in [3.63, 3.8) is 0 Å². The van der Waals surface area contributed by atoms with E-state index in [0.29, 0.717) is 31.0 Å². The molecule has 1 aromatic rings. The zero-order valence-electron chi connectivity index (χ0n) is 16.0. The maximum atomic E-state index is 12.8. The lowest BCUT2D eigenvalue weighted by atomic mass is 9.91. The van der Waals surface area contributed by atoms with Crippen LogP contribution in [0.2, 0.25) is 0 Å². The maximum Gasteiger partial charge on any atom is 0.391 e. The monoisotopic (exact) mass is 380 g/mol. The van der Waals surface area contributed by atoms with Crippen LogP contribution in [0.15, 0.2) is 18.2 Å². The highest BCUT2D eigenvalue weighted by Crippen LogP contribution is 2.39. The van der Waals surface area contributed by atoms with E-state index in [2.05, 4.69) is 23.1 Å². The number of fused-ring (bicyclic) bond motifs is 3. The Balaban J connectivity index is 1.27. The quantitative estimate of drug-likeness (QED) is 0.842. The van der Waals surface area contributed by atoms with Crippen LogP contribution >= 0.6 is 0 Å². The van der Waals surface area contributed by atoms with E-state index in [0.717, 1.165) is 32.2 Å². The van der Waals surface area contributed by atoms with Crippen LogP contribution in [0, 0.1) is 17.8 Å². The first-order valence-corrected chi connectivity index (χ1v) is 10.6. The lowest BCUT2D eigenvalue weighted by molar-refractivity contribution is -0.185. The van der Waals surface area contributed by atoms with Crippen LogP contribution in [0.4, 0.5) is 13.2 Å². The van der Waals surface area contributed by atoms with Crippen molar-refractivity contribution in [3.05, 3.63) is 34.9 Å². The highest BCUT2D eigenvalue weighted by molar-refractivity contribution is 5.35. The molecule has 0 spiro atoms. The Morgan fingerprint density at radius 3 is 2.30 bits per heavy atom. The zero-order chi connectivity index (χ0) is 19.0. The van der Waals surface area contributed by atoms with Gasteiger partial charge in [-0.05, 0) is 99.5 Å². The summed E-state index contributed by atoms with van der Waals surface area (Å²) in [6.45, 7) is 2.06. The molecule has 1 saturated carbocycles. The van der Waals surface area contributed by atoms with E-state index in [1.54, 1.807) is 0 Å². The second kappa shape index (κ2) is 7.75. The molecule has 2 aliphatic carbocycles. The molecule has 0 radical (unpaired) electrons. The molecule has 0 amide bonds. The van der Waals surface area contributed by atoms with E-state index < -0.39 is 12.1 Å². The average Bonchev–Trinajstić information content (AvgIpc) is 2.88. The molecule has 1 saturated heterocycles. The molecule has 2 bridgehead atoms. The Morgan fingerprint density at radius 2 is 1.63 bits per heavy atom. The minimum atomic E-state index is -4.02. The minimum absolute atomic E-state index is 0.255. The van der Waals surface area contributed by atoms with E-state index in [-0.39, 0.29) is 12.8 Å². The van der Waals surface area contributed by atoms with Crippen LogP contribution in [0.3, 0.4) is 0 Å². The number of piperidine rings is 1. The molecule has 1 heterocycles. The first-order chi connectivity index (χ1) is 12.9. The van der Waals surface area contributed by atoms with Gasteiger partial charge in [0.1, 0.15) is 0 Å². The molecule has 5 heteroatoms. The summed E-state index contributed by atoms with van der Waals surface area (Å²) in [5, 5.41) is 0. The highest BCUT2D eigenvalue weighted by Gasteiger charge is 2.41. The largest absolute Gasteiger partial charge is 0.391 e. The molecular formula is C22H31F3N2. The average molecular weight is 380 g/mol. The van der Waals surface area contributed by atoms with Gasteiger partial charge in [0.15, 0.2) is 0 Å². The number of aryl methyl sites for hydroxylation is 1. The van der Waals surface area contributed by atoms with Gasteiger partial charge in [0.25, 0.3) is 0 Å². The molecule has 3 atom stereocenters. The van der Waals surface area contributed by atoms with E-state index in [1.165, 1.54) is 29.5 Å². The van der Waals surface area contributed by atoms with Gasteiger partial charge >= 0.3 is 6.18 Å². The van der Waals surface area contributed by atoms with Gasteiger partial charge in [-0.2, -0.15) is 13.2 Å². The number of likely N-dealkylation sites (tertiary alicyclic amines) is 1. The number of rotatable bonds is 4. The summed E-state index contributed by atoms with van der Waals surface area (Å²) in [7, 11) is 0. The lowest BCUT2D eigenvalue weighted by Crippen LogP contribution is -2.39. The summed E-state index contributed by atoms with van der Waals surface area (Å²) in [5.74, 6) is 0.197. The van der Waals surface area contributed by atoms with Crippen LogP contribution < -0.4 is 5.73 Å². The van der Waals surface area contributed by atoms with Gasteiger partial charge in [-0.1, -0.05) is 18.2 Å². The van der Waals surface area contributed by atoms with E-state index in [9.17, 15) is 13.2 Å². The molecule has 27 heavy (non-hydrogen) atoms. The summed E-state index contributed by atoms with van der Waals surface area (Å²) >= 11 is 0. The Kier molecular flexibility index (Phi) is 5.52. The Morgan fingerprint density at radius 1 is 0.963 bits per heavy atom. The van der Waals surface area contributed by atoms with Crippen molar-refractivity contribution in [3.8, 4) is 0 Å². The van der Waals surface area contributed by atoms with Gasteiger partial charge in [-0.15, -0.1) is 0 Å². The maximum absolute atomic E-state index is 12.8. The summed E-state index contributed by atoms with van der Waals surface area (Å²) in [5.41, 5.74) is 10.8. The van der Waals surface area contributed by atoms with Crippen molar-refractivity contribution in [2.45, 2.75) is 63.6 Å². The zero-order valence-corrected chi connectivity index (χ0v) is 16.0. The molecule has 4 rings (SSSR count). The molecule has 150 valence electrons. The standard InChI is InChI=1S/C22H31F3N2/c23-22(24,25)20-7-10-27(11-8-20)9-1-2-15-3-4-16-13-17-5-6-18(21(17)26)14-19(16)12-15/h3-4,12,17-18,20-21H,1-2,5-11,13-14,26H2. The number of alkyl halides is 3. The molecule has 3 unspecified atom stereocenters. The van der Waals surface area contributed by atoms with Gasteiger partial charge in [0.05, 0.1) is 5.92 Å². The molecule has 0 aromatic heterocycles. The fraction of sp³-hybridized carbons (Fsp3) is 0.727. The predicted molar refractivity (Wildman–Crippen MR) is 102 cm³/mol. The van der Waals surface area contributed by atoms with Crippen LogP contribution in [-0.2, 0) is 19.3 Å². The van der Waals surface area contributed by atoms with Crippen LogP contribution in [0.1, 0.15) is 48.8 Å². The molecule has 1 aliphatic heterocycles. The third kappa shape index (κ3) is 4.34. The van der Waals surface area contributed by atoms with Crippen LogP contribution in [0.5, 0.6) is 0 Å². The SMILES string of the molecule is NC1C2CCC1Cc1cc(CCCN3CCC(C(F)(F)F)CC3)ccc1C2. The second-order valence-electron chi connectivity index (χ2n) is 8.95. The third-order valence-corrected chi connectivity index (χ3v) is 7.22. The van der Waals surface area contributed by atoms with Crippen molar-refractivity contribution in [2.24, 2.45) is 23.5 Å². The smallest absolute Gasteiger partial charge is 0.327 e. The number of benzene rings is 1. The van der Waals surface area contributed by atoms with E-state index in [4.69, 9.17) is 5.73 Å². The molecule has 2 nitrogen and oxygen atoms in total. The summed E-state index contributed by atoms with van der Waals surface area (Å²) in [4.78, 5) is 2.20. The van der Waals surface area contributed by atoms with E-state index >= 15 is 0 Å². The van der Waals surface area contributed by atoms with Crippen molar-refractivity contribution in [2.75, 3.05) is 19.6 Å². The van der Waals surface area contributed by atoms with Gasteiger partial charge in [-0.25, -0.2) is 0 Å². The molecule has 3 aliphatic rings. The Labute approximate surface area is 160 Å². The minimum Gasteiger partial charge on any atom is -0.327 e. The lowest BCUT2D eigenvalue weighted by Gasteiger charge is -2.32. The summed E-state index contributed by atoms with van der Waals surface area (Å²) in [6.07, 6.45) is 3.30. The summed E-state index contributed by atoms with van der Waals surface area (Å²) < 4.78 is 38.3. The summed E-state index contributed by atoms with van der Waals surface area (Å²) in [6, 6.07) is 7.28. The van der Waals surface area contributed by atoms with Gasteiger partial charge in [0, 0.05) is 6.04 Å². The molecular weight excluding hydrogens is 349 g/mol. The predicted octanol–water partition coefficient (Wildman–Crippen LogP) is 4.35. The van der Waals surface area contributed by atoms with Crippen molar-refractivity contribution in [1.29, 1.82) is 0 Å². The second-order valence-corrected chi connectivity index (χ2v) is 8.95. The fourth-order valence-electron chi connectivity index (χ4n) is 5.45. The van der Waals surface area contributed by atoms with Crippen molar-refractivity contribution < 1.29 is 13.2 Å². The normalized spacial score (nSPS) is 29.6. The van der Waals surface area contributed by atoms with Gasteiger partial charge < -0.3 is 10.6 Å². The van der Waals surface area contributed by atoms with Gasteiger partial charge in [-0.3, -0.25) is 0 Å². The highest BCUT2D eigenvalue weighted by atomic mass is 19.4. The third-order valence-electron chi connectivity index (χ3n) is 7.22. The van der Waals surface area contributed by atoms with Gasteiger partial charge in [0.2, 0.25) is 0 Å².